The lowest BCUT2D eigenvalue weighted by molar-refractivity contribution is 0.0602. The molecule has 1 fully saturated rings. The van der Waals surface area contributed by atoms with Gasteiger partial charge < -0.3 is 15.0 Å². The first kappa shape index (κ1) is 21.6. The van der Waals surface area contributed by atoms with Gasteiger partial charge in [-0.3, -0.25) is 4.72 Å². The minimum absolute atomic E-state index is 0.00920. The van der Waals surface area contributed by atoms with Gasteiger partial charge in [0.15, 0.2) is 0 Å². The van der Waals surface area contributed by atoms with E-state index in [4.69, 9.17) is 0 Å². The van der Waals surface area contributed by atoms with Crippen molar-refractivity contribution >= 4 is 33.4 Å². The molecule has 1 aliphatic heterocycles. The SMILES string of the molecule is COC(=O)c1ccccc1NS(=O)(=O)c1ccc(NC(=O)N2CCCCCC2)cc1. The van der Waals surface area contributed by atoms with Crippen molar-refractivity contribution in [2.75, 3.05) is 30.2 Å². The molecule has 2 N–H and O–H groups in total. The van der Waals surface area contributed by atoms with E-state index in [1.807, 2.05) is 0 Å². The van der Waals surface area contributed by atoms with Gasteiger partial charge in [0.25, 0.3) is 10.0 Å². The topological polar surface area (TPSA) is 105 Å². The number of benzene rings is 2. The Labute approximate surface area is 176 Å². The van der Waals surface area contributed by atoms with Crippen LogP contribution in [0.15, 0.2) is 53.4 Å². The number of nitrogens with zero attached hydrogens (tertiary/aromatic N) is 1. The number of methoxy groups -OCH3 is 1. The minimum atomic E-state index is -3.93. The standard InChI is InChI=1S/C21H25N3O5S/c1-29-20(25)18-8-4-5-9-19(18)23-30(27,28)17-12-10-16(11-13-17)22-21(26)24-14-6-2-3-7-15-24/h4-5,8-13,23H,2-3,6-7,14-15H2,1H3,(H,22,26). The number of anilines is 2. The summed E-state index contributed by atoms with van der Waals surface area (Å²) >= 11 is 0. The molecular formula is C21H25N3O5S. The second-order valence-electron chi connectivity index (χ2n) is 7.00. The van der Waals surface area contributed by atoms with Gasteiger partial charge in [0.1, 0.15) is 0 Å². The predicted molar refractivity (Wildman–Crippen MR) is 114 cm³/mol. The van der Waals surface area contributed by atoms with E-state index >= 15 is 0 Å². The minimum Gasteiger partial charge on any atom is -0.465 e. The number of amides is 2. The molecule has 30 heavy (non-hydrogen) atoms. The molecule has 0 atom stereocenters. The highest BCUT2D eigenvalue weighted by Gasteiger charge is 2.20. The second-order valence-corrected chi connectivity index (χ2v) is 8.68. The highest BCUT2D eigenvalue weighted by molar-refractivity contribution is 7.92. The van der Waals surface area contributed by atoms with Crippen LogP contribution in [0, 0.1) is 0 Å². The van der Waals surface area contributed by atoms with Gasteiger partial charge in [0.05, 0.1) is 23.3 Å². The van der Waals surface area contributed by atoms with E-state index in [0.29, 0.717) is 5.69 Å². The van der Waals surface area contributed by atoms with Crippen LogP contribution in [0.3, 0.4) is 0 Å². The number of esters is 1. The van der Waals surface area contributed by atoms with Crippen molar-refractivity contribution in [2.24, 2.45) is 0 Å². The van der Waals surface area contributed by atoms with E-state index in [9.17, 15) is 18.0 Å². The number of hydrogen-bond donors (Lipinski definition) is 2. The molecule has 0 aromatic heterocycles. The Morgan fingerprint density at radius 2 is 1.57 bits per heavy atom. The Morgan fingerprint density at radius 1 is 0.933 bits per heavy atom. The molecule has 8 nitrogen and oxygen atoms in total. The van der Waals surface area contributed by atoms with Crippen LogP contribution in [0.5, 0.6) is 0 Å². The number of hydrogen-bond acceptors (Lipinski definition) is 5. The predicted octanol–water partition coefficient (Wildman–Crippen LogP) is 3.68. The molecule has 0 bridgehead atoms. The van der Waals surface area contributed by atoms with Gasteiger partial charge in [0, 0.05) is 18.8 Å². The van der Waals surface area contributed by atoms with E-state index in [-0.39, 0.29) is 22.2 Å². The number of para-hydroxylation sites is 1. The summed E-state index contributed by atoms with van der Waals surface area (Å²) in [5, 5.41) is 2.81. The number of carbonyl (C=O) groups is 2. The number of likely N-dealkylation sites (tertiary alicyclic amines) is 1. The molecule has 2 aromatic rings. The summed E-state index contributed by atoms with van der Waals surface area (Å²) < 4.78 is 32.6. The van der Waals surface area contributed by atoms with Gasteiger partial charge >= 0.3 is 12.0 Å². The lowest BCUT2D eigenvalue weighted by atomic mass is 10.2. The summed E-state index contributed by atoms with van der Waals surface area (Å²) in [7, 11) is -2.70. The monoisotopic (exact) mass is 431 g/mol. The maximum atomic E-state index is 12.7. The molecule has 2 amide bonds. The summed E-state index contributed by atoms with van der Waals surface area (Å²) in [4.78, 5) is 26.1. The molecule has 160 valence electrons. The van der Waals surface area contributed by atoms with E-state index < -0.39 is 16.0 Å². The van der Waals surface area contributed by atoms with Crippen LogP contribution in [-0.2, 0) is 14.8 Å². The number of urea groups is 1. The molecule has 0 radical (unpaired) electrons. The normalized spacial score (nSPS) is 14.5. The van der Waals surface area contributed by atoms with Crippen LogP contribution in [-0.4, -0.2) is 45.5 Å². The summed E-state index contributed by atoms with van der Waals surface area (Å²) in [6.07, 6.45) is 4.23. The lowest BCUT2D eigenvalue weighted by Gasteiger charge is -2.20. The van der Waals surface area contributed by atoms with Gasteiger partial charge in [-0.05, 0) is 49.2 Å². The maximum Gasteiger partial charge on any atom is 0.339 e. The van der Waals surface area contributed by atoms with Crippen molar-refractivity contribution in [2.45, 2.75) is 30.6 Å². The fraction of sp³-hybridized carbons (Fsp3) is 0.333. The first-order chi connectivity index (χ1) is 14.4. The molecule has 2 aromatic carbocycles. The Hall–Kier alpha value is -3.07. The lowest BCUT2D eigenvalue weighted by Crippen LogP contribution is -2.35. The van der Waals surface area contributed by atoms with Crippen molar-refractivity contribution in [1.82, 2.24) is 4.90 Å². The van der Waals surface area contributed by atoms with Gasteiger partial charge in [-0.1, -0.05) is 25.0 Å². The average molecular weight is 432 g/mol. The summed E-state index contributed by atoms with van der Waals surface area (Å²) in [5.41, 5.74) is 0.756. The molecule has 0 aliphatic carbocycles. The van der Waals surface area contributed by atoms with Gasteiger partial charge in [-0.2, -0.15) is 0 Å². The first-order valence-electron chi connectivity index (χ1n) is 9.77. The molecule has 1 aliphatic rings. The van der Waals surface area contributed by atoms with E-state index in [1.165, 1.54) is 43.5 Å². The van der Waals surface area contributed by atoms with Crippen molar-refractivity contribution in [3.8, 4) is 0 Å². The van der Waals surface area contributed by atoms with Crippen LogP contribution in [0.2, 0.25) is 0 Å². The van der Waals surface area contributed by atoms with Gasteiger partial charge in [0.2, 0.25) is 0 Å². The van der Waals surface area contributed by atoms with Crippen molar-refractivity contribution in [3.05, 3.63) is 54.1 Å². The largest absolute Gasteiger partial charge is 0.465 e. The number of rotatable bonds is 5. The third-order valence-corrected chi connectivity index (χ3v) is 6.27. The van der Waals surface area contributed by atoms with Crippen LogP contribution in [0.25, 0.3) is 0 Å². The van der Waals surface area contributed by atoms with Gasteiger partial charge in [-0.15, -0.1) is 0 Å². The number of carbonyl (C=O) groups excluding carboxylic acids is 2. The van der Waals surface area contributed by atoms with Crippen LogP contribution < -0.4 is 10.0 Å². The fourth-order valence-corrected chi connectivity index (χ4v) is 4.34. The zero-order chi connectivity index (χ0) is 21.6. The molecule has 0 unspecified atom stereocenters. The molecule has 1 heterocycles. The molecule has 0 spiro atoms. The molecular weight excluding hydrogens is 406 g/mol. The molecule has 3 rings (SSSR count). The molecule has 1 saturated heterocycles. The zero-order valence-electron chi connectivity index (χ0n) is 16.8. The van der Waals surface area contributed by atoms with E-state index in [0.717, 1.165) is 38.8 Å². The maximum absolute atomic E-state index is 12.7. The molecule has 0 saturated carbocycles. The first-order valence-corrected chi connectivity index (χ1v) is 11.3. The third kappa shape index (κ3) is 5.29. The van der Waals surface area contributed by atoms with Gasteiger partial charge in [-0.25, -0.2) is 18.0 Å². The Balaban J connectivity index is 1.71. The number of ether oxygens (including phenoxy) is 1. The van der Waals surface area contributed by atoms with E-state index in [1.54, 1.807) is 17.0 Å². The number of sulfonamides is 1. The smallest absolute Gasteiger partial charge is 0.339 e. The van der Waals surface area contributed by atoms with Crippen molar-refractivity contribution < 1.29 is 22.7 Å². The van der Waals surface area contributed by atoms with Crippen LogP contribution in [0.1, 0.15) is 36.0 Å². The Morgan fingerprint density at radius 3 is 2.20 bits per heavy atom. The van der Waals surface area contributed by atoms with Crippen LogP contribution >= 0.6 is 0 Å². The van der Waals surface area contributed by atoms with E-state index in [2.05, 4.69) is 14.8 Å². The van der Waals surface area contributed by atoms with Crippen molar-refractivity contribution in [3.63, 3.8) is 0 Å². The zero-order valence-corrected chi connectivity index (χ0v) is 17.6. The fourth-order valence-electron chi connectivity index (χ4n) is 3.26. The second kappa shape index (κ2) is 9.62. The van der Waals surface area contributed by atoms with Crippen LogP contribution in [0.4, 0.5) is 16.2 Å². The summed E-state index contributed by atoms with van der Waals surface area (Å²) in [6.45, 7) is 1.45. The highest BCUT2D eigenvalue weighted by Crippen LogP contribution is 2.22. The Bertz CT molecular complexity index is 998. The highest BCUT2D eigenvalue weighted by atomic mass is 32.2. The third-order valence-electron chi connectivity index (χ3n) is 4.89. The van der Waals surface area contributed by atoms with Crippen molar-refractivity contribution in [1.29, 1.82) is 0 Å². The molecule has 9 heteroatoms. The number of nitrogens with one attached hydrogen (secondary N) is 2. The average Bonchev–Trinajstić information content (AvgIpc) is 3.03. The summed E-state index contributed by atoms with van der Waals surface area (Å²) in [5.74, 6) is -0.639. The quantitative estimate of drug-likeness (QED) is 0.703. The Kier molecular flexibility index (Phi) is 6.94. The summed E-state index contributed by atoms with van der Waals surface area (Å²) in [6, 6.07) is 11.9.